The molecule has 3 aromatic rings. The molecule has 2 aromatic carbocycles. The molecule has 1 amide bonds. The molecule has 0 bridgehead atoms. The standard InChI is InChI=1S/C20H18BrN3O5/c21-16-10-14(24(27)28)8-9-18(16)23-19(25)12-29-20(26)7-3-4-13-11-22-17-6-2-1-5-15(13)17/h1-2,5-6,8-11,22H,3-4,7,12H2,(H,23,25). The molecule has 0 radical (unpaired) electrons. The van der Waals surface area contributed by atoms with Gasteiger partial charge in [0, 0.05) is 40.1 Å². The molecule has 29 heavy (non-hydrogen) atoms. The summed E-state index contributed by atoms with van der Waals surface area (Å²) in [6.07, 6.45) is 3.47. The van der Waals surface area contributed by atoms with Crippen LogP contribution >= 0.6 is 15.9 Å². The molecule has 1 aromatic heterocycles. The Labute approximate surface area is 174 Å². The van der Waals surface area contributed by atoms with E-state index < -0.39 is 23.4 Å². The fraction of sp³-hybridized carbons (Fsp3) is 0.200. The Morgan fingerprint density at radius 2 is 2.00 bits per heavy atom. The predicted octanol–water partition coefficient (Wildman–Crippen LogP) is 4.34. The summed E-state index contributed by atoms with van der Waals surface area (Å²) in [7, 11) is 0. The number of non-ortho nitro benzene ring substituents is 1. The van der Waals surface area contributed by atoms with Gasteiger partial charge in [0.2, 0.25) is 0 Å². The van der Waals surface area contributed by atoms with Gasteiger partial charge in [0.25, 0.3) is 11.6 Å². The van der Waals surface area contributed by atoms with E-state index in [4.69, 9.17) is 4.74 Å². The third-order valence-electron chi connectivity index (χ3n) is 4.30. The number of carbonyl (C=O) groups is 2. The van der Waals surface area contributed by atoms with Crippen LogP contribution < -0.4 is 5.32 Å². The quantitative estimate of drug-likeness (QED) is 0.295. The number of benzene rings is 2. The van der Waals surface area contributed by atoms with Gasteiger partial charge in [-0.1, -0.05) is 18.2 Å². The van der Waals surface area contributed by atoms with Crippen molar-refractivity contribution >= 4 is 50.1 Å². The number of aromatic nitrogens is 1. The summed E-state index contributed by atoms with van der Waals surface area (Å²) in [5.74, 6) is -0.979. The van der Waals surface area contributed by atoms with Crippen molar-refractivity contribution < 1.29 is 19.2 Å². The van der Waals surface area contributed by atoms with Crippen LogP contribution in [0.4, 0.5) is 11.4 Å². The number of para-hydroxylation sites is 1. The molecule has 3 rings (SSSR count). The van der Waals surface area contributed by atoms with Crippen LogP contribution in [-0.2, 0) is 20.7 Å². The summed E-state index contributed by atoms with van der Waals surface area (Å²) in [6, 6.07) is 11.9. The number of nitro groups is 1. The van der Waals surface area contributed by atoms with Crippen LogP contribution in [0.15, 0.2) is 53.1 Å². The van der Waals surface area contributed by atoms with E-state index >= 15 is 0 Å². The summed E-state index contributed by atoms with van der Waals surface area (Å²) < 4.78 is 5.37. The molecule has 0 spiro atoms. The van der Waals surface area contributed by atoms with Crippen LogP contribution in [0, 0.1) is 10.1 Å². The van der Waals surface area contributed by atoms with Crippen molar-refractivity contribution in [2.45, 2.75) is 19.3 Å². The highest BCUT2D eigenvalue weighted by Crippen LogP contribution is 2.27. The number of esters is 1. The lowest BCUT2D eigenvalue weighted by Gasteiger charge is -2.08. The molecule has 0 atom stereocenters. The molecule has 2 N–H and O–H groups in total. The van der Waals surface area contributed by atoms with Crippen molar-refractivity contribution in [3.05, 3.63) is 68.8 Å². The number of nitro benzene ring substituents is 1. The van der Waals surface area contributed by atoms with Crippen LogP contribution in [0.2, 0.25) is 0 Å². The molecule has 0 aliphatic heterocycles. The molecule has 0 saturated heterocycles. The first-order chi connectivity index (χ1) is 13.9. The number of anilines is 1. The van der Waals surface area contributed by atoms with Crippen molar-refractivity contribution in [1.29, 1.82) is 0 Å². The van der Waals surface area contributed by atoms with E-state index in [1.54, 1.807) is 0 Å². The number of halogens is 1. The molecule has 0 fully saturated rings. The molecule has 150 valence electrons. The van der Waals surface area contributed by atoms with Gasteiger partial charge in [0.05, 0.1) is 10.6 Å². The molecule has 0 unspecified atom stereocenters. The third-order valence-corrected chi connectivity index (χ3v) is 4.96. The number of rotatable bonds is 8. The molecule has 0 saturated carbocycles. The van der Waals surface area contributed by atoms with Crippen LogP contribution in [0.3, 0.4) is 0 Å². The summed E-state index contributed by atoms with van der Waals surface area (Å²) >= 11 is 3.16. The zero-order valence-electron chi connectivity index (χ0n) is 15.3. The fourth-order valence-electron chi connectivity index (χ4n) is 2.89. The van der Waals surface area contributed by atoms with Crippen molar-refractivity contribution in [2.24, 2.45) is 0 Å². The lowest BCUT2D eigenvalue weighted by atomic mass is 10.1. The summed E-state index contributed by atoms with van der Waals surface area (Å²) in [4.78, 5) is 37.2. The van der Waals surface area contributed by atoms with Gasteiger partial charge < -0.3 is 15.0 Å². The highest BCUT2D eigenvalue weighted by atomic mass is 79.9. The minimum absolute atomic E-state index is 0.100. The van der Waals surface area contributed by atoms with Crippen LogP contribution in [0.5, 0.6) is 0 Å². The average molecular weight is 460 g/mol. The first kappa shape index (κ1) is 20.5. The largest absolute Gasteiger partial charge is 0.456 e. The normalized spacial score (nSPS) is 10.7. The second kappa shape index (κ2) is 9.33. The van der Waals surface area contributed by atoms with E-state index in [2.05, 4.69) is 26.2 Å². The number of fused-ring (bicyclic) bond motifs is 1. The lowest BCUT2D eigenvalue weighted by Crippen LogP contribution is -2.21. The Morgan fingerprint density at radius 3 is 2.76 bits per heavy atom. The van der Waals surface area contributed by atoms with Crippen molar-refractivity contribution in [1.82, 2.24) is 4.98 Å². The van der Waals surface area contributed by atoms with Gasteiger partial charge in [0.15, 0.2) is 6.61 Å². The molecule has 1 heterocycles. The summed E-state index contributed by atoms with van der Waals surface area (Å²) in [6.45, 7) is -0.421. The van der Waals surface area contributed by atoms with Gasteiger partial charge in [0.1, 0.15) is 0 Å². The van der Waals surface area contributed by atoms with Crippen molar-refractivity contribution in [3.8, 4) is 0 Å². The number of ether oxygens (including phenoxy) is 1. The number of aromatic amines is 1. The Hall–Kier alpha value is -3.20. The fourth-order valence-corrected chi connectivity index (χ4v) is 3.35. The van der Waals surface area contributed by atoms with Gasteiger partial charge in [-0.05, 0) is 46.5 Å². The molecule has 0 aliphatic carbocycles. The van der Waals surface area contributed by atoms with Gasteiger partial charge in [-0.2, -0.15) is 0 Å². The van der Waals surface area contributed by atoms with Gasteiger partial charge in [-0.3, -0.25) is 19.7 Å². The minimum atomic E-state index is -0.533. The van der Waals surface area contributed by atoms with E-state index in [9.17, 15) is 19.7 Å². The molecule has 9 heteroatoms. The minimum Gasteiger partial charge on any atom is -0.456 e. The number of hydrogen-bond donors (Lipinski definition) is 2. The highest BCUT2D eigenvalue weighted by molar-refractivity contribution is 9.10. The van der Waals surface area contributed by atoms with E-state index in [0.29, 0.717) is 16.6 Å². The Morgan fingerprint density at radius 1 is 1.21 bits per heavy atom. The number of hydrogen-bond acceptors (Lipinski definition) is 5. The smallest absolute Gasteiger partial charge is 0.306 e. The van der Waals surface area contributed by atoms with Gasteiger partial charge in [-0.15, -0.1) is 0 Å². The van der Waals surface area contributed by atoms with Crippen LogP contribution in [0.25, 0.3) is 10.9 Å². The SMILES string of the molecule is O=C(COC(=O)CCCc1c[nH]c2ccccc12)Nc1ccc([N+](=O)[O-])cc1Br. The topological polar surface area (TPSA) is 114 Å². The second-order valence-corrected chi connectivity index (χ2v) is 7.20. The third kappa shape index (κ3) is 5.41. The second-order valence-electron chi connectivity index (χ2n) is 6.34. The first-order valence-corrected chi connectivity index (χ1v) is 9.68. The number of carbonyl (C=O) groups excluding carboxylic acids is 2. The average Bonchev–Trinajstić information content (AvgIpc) is 3.11. The Balaban J connectivity index is 1.42. The highest BCUT2D eigenvalue weighted by Gasteiger charge is 2.13. The number of amides is 1. The maximum Gasteiger partial charge on any atom is 0.306 e. The Bertz CT molecular complexity index is 1060. The van der Waals surface area contributed by atoms with Crippen molar-refractivity contribution in [3.63, 3.8) is 0 Å². The number of aryl methyl sites for hydroxylation is 1. The lowest BCUT2D eigenvalue weighted by molar-refractivity contribution is -0.384. The maximum absolute atomic E-state index is 11.9. The summed E-state index contributed by atoms with van der Waals surface area (Å²) in [5, 5.41) is 14.4. The van der Waals surface area contributed by atoms with Crippen LogP contribution in [0.1, 0.15) is 18.4 Å². The molecular weight excluding hydrogens is 442 g/mol. The predicted molar refractivity (Wildman–Crippen MR) is 112 cm³/mol. The van der Waals surface area contributed by atoms with E-state index in [-0.39, 0.29) is 12.1 Å². The Kier molecular flexibility index (Phi) is 6.61. The van der Waals surface area contributed by atoms with E-state index in [1.807, 2.05) is 30.5 Å². The zero-order chi connectivity index (χ0) is 20.8. The van der Waals surface area contributed by atoms with Gasteiger partial charge >= 0.3 is 5.97 Å². The molecule has 8 nitrogen and oxygen atoms in total. The zero-order valence-corrected chi connectivity index (χ0v) is 16.9. The van der Waals surface area contributed by atoms with E-state index in [0.717, 1.165) is 22.9 Å². The summed E-state index contributed by atoms with van der Waals surface area (Å²) in [5.41, 5.74) is 2.45. The number of nitrogens with one attached hydrogen (secondary N) is 2. The monoisotopic (exact) mass is 459 g/mol. The van der Waals surface area contributed by atoms with E-state index in [1.165, 1.54) is 18.2 Å². The molecule has 0 aliphatic rings. The first-order valence-electron chi connectivity index (χ1n) is 8.88. The maximum atomic E-state index is 11.9. The molecular formula is C20H18BrN3O5. The van der Waals surface area contributed by atoms with Gasteiger partial charge in [-0.25, -0.2) is 0 Å². The van der Waals surface area contributed by atoms with Crippen LogP contribution in [-0.4, -0.2) is 28.4 Å². The number of nitrogens with zero attached hydrogens (tertiary/aromatic N) is 1. The number of H-pyrrole nitrogens is 1. The van der Waals surface area contributed by atoms with Crippen molar-refractivity contribution in [2.75, 3.05) is 11.9 Å².